The fourth-order valence-electron chi connectivity index (χ4n) is 3.23. The third-order valence-electron chi connectivity index (χ3n) is 4.72. The van der Waals surface area contributed by atoms with E-state index >= 15 is 0 Å². The molecule has 0 radical (unpaired) electrons. The van der Waals surface area contributed by atoms with Gasteiger partial charge in [-0.25, -0.2) is 4.98 Å². The maximum Gasteiger partial charge on any atom is 0.127 e. The van der Waals surface area contributed by atoms with Crippen molar-refractivity contribution in [2.75, 3.05) is 5.73 Å². The third kappa shape index (κ3) is 1.94. The summed E-state index contributed by atoms with van der Waals surface area (Å²) in [6.45, 7) is 4.46. The molecule has 0 aliphatic heterocycles. The highest BCUT2D eigenvalue weighted by Gasteiger charge is 2.34. The molecule has 1 aromatic heterocycles. The summed E-state index contributed by atoms with van der Waals surface area (Å²) in [7, 11) is 0. The van der Waals surface area contributed by atoms with Crippen molar-refractivity contribution in [3.8, 4) is 0 Å². The monoisotopic (exact) mass is 247 g/mol. The zero-order chi connectivity index (χ0) is 12.7. The van der Waals surface area contributed by atoms with Crippen molar-refractivity contribution >= 4 is 5.82 Å². The maximum atomic E-state index is 6.39. The molecule has 3 rings (SSSR count). The topological polar surface area (TPSA) is 43.8 Å². The molecule has 0 bridgehead atoms. The normalized spacial score (nSPS) is 22.6. The summed E-state index contributed by atoms with van der Waals surface area (Å²) in [4.78, 5) is 4.96. The lowest BCUT2D eigenvalue weighted by molar-refractivity contribution is 0.595. The van der Waals surface area contributed by atoms with Gasteiger partial charge in [-0.2, -0.15) is 0 Å². The molecule has 1 unspecified atom stereocenters. The van der Waals surface area contributed by atoms with Crippen LogP contribution < -0.4 is 5.73 Å². The summed E-state index contributed by atoms with van der Waals surface area (Å²) in [6, 6.07) is 0.658. The third-order valence-corrected chi connectivity index (χ3v) is 4.72. The Kier molecular flexibility index (Phi) is 3.08. The van der Waals surface area contributed by atoms with Gasteiger partial charge in [0.15, 0.2) is 0 Å². The van der Waals surface area contributed by atoms with Crippen LogP contribution in [0.15, 0.2) is 0 Å². The lowest BCUT2D eigenvalue weighted by atomic mass is 10.1. The number of anilines is 1. The van der Waals surface area contributed by atoms with Gasteiger partial charge in [-0.1, -0.05) is 26.7 Å². The van der Waals surface area contributed by atoms with Gasteiger partial charge in [0.1, 0.15) is 11.6 Å². The number of hydrogen-bond donors (Lipinski definition) is 1. The molecular weight excluding hydrogens is 222 g/mol. The second-order valence-corrected chi connectivity index (χ2v) is 6.13. The second-order valence-electron chi connectivity index (χ2n) is 6.13. The lowest BCUT2D eigenvalue weighted by Crippen LogP contribution is -2.08. The summed E-state index contributed by atoms with van der Waals surface area (Å²) in [5.41, 5.74) is 7.55. The summed E-state index contributed by atoms with van der Waals surface area (Å²) < 4.78 is 2.39. The Hall–Kier alpha value is -0.990. The minimum Gasteiger partial charge on any atom is -0.384 e. The highest BCUT2D eigenvalue weighted by atomic mass is 15.2. The fourth-order valence-corrected chi connectivity index (χ4v) is 3.23. The Bertz CT molecular complexity index is 425. The molecule has 0 aromatic carbocycles. The molecule has 2 aliphatic carbocycles. The van der Waals surface area contributed by atoms with Gasteiger partial charge in [0.2, 0.25) is 0 Å². The number of aromatic nitrogens is 2. The number of nitrogen functional groups attached to an aromatic ring is 1. The standard InChI is InChI=1S/C15H25N3/c1-3-10(2)13-14(16)18(12-8-9-12)15(17-13)11-6-4-5-7-11/h10-12H,3-9,16H2,1-2H3. The fraction of sp³-hybridized carbons (Fsp3) is 0.800. The van der Waals surface area contributed by atoms with Crippen molar-refractivity contribution in [1.29, 1.82) is 0 Å². The summed E-state index contributed by atoms with van der Waals surface area (Å²) in [6.07, 6.45) is 9.05. The van der Waals surface area contributed by atoms with Gasteiger partial charge in [0, 0.05) is 17.9 Å². The first-order chi connectivity index (χ1) is 8.72. The Balaban J connectivity index is 2.00. The van der Waals surface area contributed by atoms with Gasteiger partial charge in [-0.3, -0.25) is 0 Å². The van der Waals surface area contributed by atoms with E-state index in [9.17, 15) is 0 Å². The van der Waals surface area contributed by atoms with Crippen LogP contribution in [0.4, 0.5) is 5.82 Å². The van der Waals surface area contributed by atoms with E-state index in [-0.39, 0.29) is 0 Å². The van der Waals surface area contributed by atoms with E-state index < -0.39 is 0 Å². The zero-order valence-electron chi connectivity index (χ0n) is 11.7. The van der Waals surface area contributed by atoms with Crippen molar-refractivity contribution in [1.82, 2.24) is 9.55 Å². The molecule has 18 heavy (non-hydrogen) atoms. The lowest BCUT2D eigenvalue weighted by Gasteiger charge is -2.13. The Morgan fingerprint density at radius 2 is 1.94 bits per heavy atom. The smallest absolute Gasteiger partial charge is 0.127 e. The number of nitrogens with two attached hydrogens (primary N) is 1. The predicted octanol–water partition coefficient (Wildman–Crippen LogP) is 3.97. The molecule has 1 heterocycles. The van der Waals surface area contributed by atoms with E-state index in [1.54, 1.807) is 0 Å². The van der Waals surface area contributed by atoms with Crippen molar-refractivity contribution < 1.29 is 0 Å². The molecule has 0 spiro atoms. The highest BCUT2D eigenvalue weighted by Crippen LogP contribution is 2.44. The Morgan fingerprint density at radius 1 is 1.28 bits per heavy atom. The Labute approximate surface area is 110 Å². The maximum absolute atomic E-state index is 6.39. The summed E-state index contributed by atoms with van der Waals surface area (Å²) in [5, 5.41) is 0. The highest BCUT2D eigenvalue weighted by molar-refractivity contribution is 5.42. The van der Waals surface area contributed by atoms with Crippen LogP contribution in [-0.4, -0.2) is 9.55 Å². The van der Waals surface area contributed by atoms with Crippen LogP contribution in [-0.2, 0) is 0 Å². The molecule has 0 saturated heterocycles. The van der Waals surface area contributed by atoms with Crippen LogP contribution in [0, 0.1) is 0 Å². The number of rotatable bonds is 4. The SMILES string of the molecule is CCC(C)c1nc(C2CCCC2)n(C2CC2)c1N. The van der Waals surface area contributed by atoms with E-state index in [0.717, 1.165) is 17.9 Å². The van der Waals surface area contributed by atoms with E-state index in [1.807, 2.05) is 0 Å². The van der Waals surface area contributed by atoms with Crippen LogP contribution in [0.3, 0.4) is 0 Å². The molecule has 1 aromatic rings. The van der Waals surface area contributed by atoms with Crippen molar-refractivity contribution in [3.63, 3.8) is 0 Å². The van der Waals surface area contributed by atoms with Gasteiger partial charge >= 0.3 is 0 Å². The quantitative estimate of drug-likeness (QED) is 0.874. The van der Waals surface area contributed by atoms with E-state index in [4.69, 9.17) is 10.7 Å². The molecule has 3 heteroatoms. The number of nitrogens with zero attached hydrogens (tertiary/aromatic N) is 2. The van der Waals surface area contributed by atoms with E-state index in [0.29, 0.717) is 17.9 Å². The molecule has 3 nitrogen and oxygen atoms in total. The van der Waals surface area contributed by atoms with Crippen LogP contribution in [0.2, 0.25) is 0 Å². The molecule has 100 valence electrons. The van der Waals surface area contributed by atoms with Crippen LogP contribution in [0.25, 0.3) is 0 Å². The molecule has 2 fully saturated rings. The minimum absolute atomic E-state index is 0.491. The molecule has 2 saturated carbocycles. The summed E-state index contributed by atoms with van der Waals surface area (Å²) in [5.74, 6) is 3.44. The average Bonchev–Trinajstić information content (AvgIpc) is 2.94. The van der Waals surface area contributed by atoms with Crippen LogP contribution in [0.5, 0.6) is 0 Å². The molecule has 2 aliphatic rings. The molecule has 2 N–H and O–H groups in total. The first kappa shape index (κ1) is 12.1. The van der Waals surface area contributed by atoms with Gasteiger partial charge in [0.05, 0.1) is 5.69 Å². The van der Waals surface area contributed by atoms with Crippen molar-refractivity contribution in [2.45, 2.75) is 76.7 Å². The van der Waals surface area contributed by atoms with Gasteiger partial charge in [0.25, 0.3) is 0 Å². The van der Waals surface area contributed by atoms with Gasteiger partial charge < -0.3 is 10.3 Å². The predicted molar refractivity (Wildman–Crippen MR) is 74.8 cm³/mol. The largest absolute Gasteiger partial charge is 0.384 e. The van der Waals surface area contributed by atoms with E-state index in [2.05, 4.69) is 18.4 Å². The number of hydrogen-bond acceptors (Lipinski definition) is 2. The first-order valence-electron chi connectivity index (χ1n) is 7.59. The molecule has 0 amide bonds. The molecule has 1 atom stereocenters. The van der Waals surface area contributed by atoms with Crippen LogP contribution >= 0.6 is 0 Å². The van der Waals surface area contributed by atoms with E-state index in [1.165, 1.54) is 44.3 Å². The van der Waals surface area contributed by atoms with Crippen LogP contribution in [0.1, 0.15) is 88.2 Å². The minimum atomic E-state index is 0.491. The second kappa shape index (κ2) is 4.60. The first-order valence-corrected chi connectivity index (χ1v) is 7.59. The average molecular weight is 247 g/mol. The Morgan fingerprint density at radius 3 is 2.50 bits per heavy atom. The van der Waals surface area contributed by atoms with Gasteiger partial charge in [-0.05, 0) is 32.1 Å². The van der Waals surface area contributed by atoms with Gasteiger partial charge in [-0.15, -0.1) is 0 Å². The van der Waals surface area contributed by atoms with Crippen molar-refractivity contribution in [2.24, 2.45) is 0 Å². The number of imidazole rings is 1. The zero-order valence-corrected chi connectivity index (χ0v) is 11.7. The molecular formula is C15H25N3. The van der Waals surface area contributed by atoms with Crippen molar-refractivity contribution in [3.05, 3.63) is 11.5 Å². The summed E-state index contributed by atoms with van der Waals surface area (Å²) >= 11 is 0.